The van der Waals surface area contributed by atoms with E-state index in [4.69, 9.17) is 39.5 Å². The van der Waals surface area contributed by atoms with Gasteiger partial charge in [-0.2, -0.15) is 0 Å². The molecule has 0 fully saturated rings. The highest BCUT2D eigenvalue weighted by atomic mass is 35.5. The molecule has 0 atom stereocenters. The van der Waals surface area contributed by atoms with Crippen molar-refractivity contribution in [2.24, 2.45) is 0 Å². The lowest BCUT2D eigenvalue weighted by Gasteiger charge is -2.05. The first-order chi connectivity index (χ1) is 23.0. The molecule has 6 aromatic rings. The normalized spacial score (nSPS) is 10.2. The Kier molecular flexibility index (Phi) is 14.3. The third-order valence-electron chi connectivity index (χ3n) is 6.65. The molecule has 49 heavy (non-hydrogen) atoms. The third-order valence-corrected chi connectivity index (χ3v) is 7.54. The van der Waals surface area contributed by atoms with E-state index in [0.29, 0.717) is 40.2 Å². The van der Waals surface area contributed by atoms with Crippen molar-refractivity contribution in [3.05, 3.63) is 141 Å². The number of alkyl halides is 1. The molecule has 0 N–H and O–H groups in total. The second-order valence-electron chi connectivity index (χ2n) is 10.1. The first kappa shape index (κ1) is 38.7. The van der Waals surface area contributed by atoms with Crippen LogP contribution in [0.2, 0.25) is 10.0 Å². The van der Waals surface area contributed by atoms with E-state index in [0.717, 1.165) is 27.6 Å². The Bertz CT molecular complexity index is 2100. The monoisotopic (exact) mass is 726 g/mol. The number of hydrogen-bond donors (Lipinski definition) is 0. The molecule has 0 radical (unpaired) electrons. The molecule has 254 valence electrons. The SMILES string of the molecule is C.COC(=O)c1ccnc(C)c1.COC(=O)c1ccnc(Cc2cnc3cc(F)c(Cl)cc3c2)c1.Fc1cc2ncc(CCl)cc2cc1Cl. The van der Waals surface area contributed by atoms with Crippen LogP contribution in [0.5, 0.6) is 0 Å². The number of esters is 2. The number of pyridine rings is 4. The largest absolute Gasteiger partial charge is 0.465 e. The number of nitrogens with zero attached hydrogens (tertiary/aromatic N) is 4. The molecule has 0 spiro atoms. The van der Waals surface area contributed by atoms with Gasteiger partial charge in [0, 0.05) is 71.4 Å². The van der Waals surface area contributed by atoms with Gasteiger partial charge in [0.1, 0.15) is 11.6 Å². The first-order valence-electron chi connectivity index (χ1n) is 14.1. The summed E-state index contributed by atoms with van der Waals surface area (Å²) in [5.74, 6) is -1.29. The Labute approximate surface area is 297 Å². The quantitative estimate of drug-likeness (QED) is 0.128. The van der Waals surface area contributed by atoms with Gasteiger partial charge in [-0.1, -0.05) is 30.6 Å². The Hall–Kier alpha value is -4.77. The second kappa shape index (κ2) is 18.1. The number of carbonyl (C=O) groups is 2. The van der Waals surface area contributed by atoms with Gasteiger partial charge in [-0.15, -0.1) is 11.6 Å². The lowest BCUT2D eigenvalue weighted by atomic mass is 10.1. The van der Waals surface area contributed by atoms with Crippen LogP contribution in [0.25, 0.3) is 21.8 Å². The molecule has 0 amide bonds. The first-order valence-corrected chi connectivity index (χ1v) is 15.4. The molecule has 4 heterocycles. The summed E-state index contributed by atoms with van der Waals surface area (Å²) in [7, 11) is 2.69. The van der Waals surface area contributed by atoms with Crippen molar-refractivity contribution in [1.29, 1.82) is 0 Å². The smallest absolute Gasteiger partial charge is 0.337 e. The van der Waals surface area contributed by atoms with Crippen LogP contribution in [0.15, 0.2) is 85.5 Å². The van der Waals surface area contributed by atoms with E-state index in [1.807, 2.05) is 19.1 Å². The molecule has 0 aliphatic rings. The van der Waals surface area contributed by atoms with Crippen LogP contribution in [0.4, 0.5) is 8.78 Å². The molecular weight excluding hydrogens is 697 g/mol. The molecule has 0 aliphatic heterocycles. The predicted molar refractivity (Wildman–Crippen MR) is 188 cm³/mol. The highest BCUT2D eigenvalue weighted by Gasteiger charge is 2.09. The maximum atomic E-state index is 13.4. The van der Waals surface area contributed by atoms with Gasteiger partial charge in [0.15, 0.2) is 0 Å². The van der Waals surface area contributed by atoms with Gasteiger partial charge in [0.2, 0.25) is 0 Å². The minimum Gasteiger partial charge on any atom is -0.465 e. The van der Waals surface area contributed by atoms with Crippen molar-refractivity contribution in [3.8, 4) is 0 Å². The average molecular weight is 728 g/mol. The topological polar surface area (TPSA) is 104 Å². The summed E-state index contributed by atoms with van der Waals surface area (Å²) in [6.45, 7) is 1.83. The molecule has 4 aromatic heterocycles. The molecule has 2 aromatic carbocycles. The van der Waals surface area contributed by atoms with Crippen LogP contribution in [0, 0.1) is 18.6 Å². The van der Waals surface area contributed by atoms with E-state index in [9.17, 15) is 18.4 Å². The molecule has 13 heteroatoms. The second-order valence-corrected chi connectivity index (χ2v) is 11.2. The van der Waals surface area contributed by atoms with Crippen LogP contribution in [-0.2, 0) is 21.8 Å². The molecule has 8 nitrogen and oxygen atoms in total. The van der Waals surface area contributed by atoms with E-state index < -0.39 is 17.6 Å². The maximum Gasteiger partial charge on any atom is 0.337 e. The molecule has 0 saturated heterocycles. The van der Waals surface area contributed by atoms with Gasteiger partial charge in [0.25, 0.3) is 0 Å². The van der Waals surface area contributed by atoms with Gasteiger partial charge in [-0.05, 0) is 66.6 Å². The summed E-state index contributed by atoms with van der Waals surface area (Å²) in [6, 6.07) is 16.0. The number of rotatable bonds is 5. The Morgan fingerprint density at radius 1 is 0.694 bits per heavy atom. The summed E-state index contributed by atoms with van der Waals surface area (Å²) in [4.78, 5) is 39.0. The summed E-state index contributed by atoms with van der Waals surface area (Å²) in [6.07, 6.45) is 6.91. The van der Waals surface area contributed by atoms with Crippen molar-refractivity contribution >= 4 is 68.5 Å². The maximum absolute atomic E-state index is 13.4. The Morgan fingerprint density at radius 3 is 1.69 bits per heavy atom. The number of methoxy groups -OCH3 is 2. The number of hydrogen-bond acceptors (Lipinski definition) is 8. The van der Waals surface area contributed by atoms with Crippen LogP contribution in [-0.4, -0.2) is 46.1 Å². The van der Waals surface area contributed by atoms with Gasteiger partial charge in [0.05, 0.1) is 46.4 Å². The standard InChI is InChI=1S/C17H12ClFN2O2.C10H6Cl2FN.C8H9NO2.CH4/c1-23-17(22)11-2-3-20-13(6-11)5-10-4-12-7-14(18)15(19)8-16(12)21-9-10;11-4-6-1-7-2-8(12)9(13)3-10(7)14-5-6;1-6-5-7(3-4-9-6)8(10)11-2;/h2-4,6-9H,5H2,1H3;1-3,5H,4H2;3-5H,1-2H3;1H4. The average Bonchev–Trinajstić information content (AvgIpc) is 3.09. The summed E-state index contributed by atoms with van der Waals surface area (Å²) in [5.41, 5.74) is 5.40. The zero-order chi connectivity index (χ0) is 34.8. The number of carbonyl (C=O) groups excluding carboxylic acids is 2. The summed E-state index contributed by atoms with van der Waals surface area (Å²) < 4.78 is 35.7. The molecule has 0 bridgehead atoms. The Morgan fingerprint density at radius 2 is 1.18 bits per heavy atom. The highest BCUT2D eigenvalue weighted by Crippen LogP contribution is 2.24. The fraction of sp³-hybridized carbons (Fsp3) is 0.167. The fourth-order valence-corrected chi connectivity index (χ4v) is 4.82. The van der Waals surface area contributed by atoms with Crippen molar-refractivity contribution < 1.29 is 27.8 Å². The van der Waals surface area contributed by atoms with Gasteiger partial charge in [-0.25, -0.2) is 18.4 Å². The number of halogens is 5. The number of benzene rings is 2. The lowest BCUT2D eigenvalue weighted by molar-refractivity contribution is 0.0591. The van der Waals surface area contributed by atoms with Crippen LogP contribution in [0.3, 0.4) is 0 Å². The zero-order valence-electron chi connectivity index (χ0n) is 25.8. The molecular formula is C36H31Cl3F2N4O4. The van der Waals surface area contributed by atoms with Gasteiger partial charge >= 0.3 is 11.9 Å². The van der Waals surface area contributed by atoms with E-state index >= 15 is 0 Å². The van der Waals surface area contributed by atoms with E-state index in [-0.39, 0.29) is 23.4 Å². The van der Waals surface area contributed by atoms with Crippen molar-refractivity contribution in [2.75, 3.05) is 14.2 Å². The van der Waals surface area contributed by atoms with Crippen LogP contribution < -0.4 is 0 Å². The minimum absolute atomic E-state index is 0. The van der Waals surface area contributed by atoms with E-state index in [1.54, 1.807) is 61.2 Å². The number of aryl methyl sites for hydroxylation is 1. The van der Waals surface area contributed by atoms with E-state index in [2.05, 4.69) is 24.7 Å². The van der Waals surface area contributed by atoms with Gasteiger partial charge < -0.3 is 9.47 Å². The molecule has 0 saturated carbocycles. The summed E-state index contributed by atoms with van der Waals surface area (Å²) in [5, 5.41) is 1.71. The third kappa shape index (κ3) is 10.6. The van der Waals surface area contributed by atoms with E-state index in [1.165, 1.54) is 26.4 Å². The summed E-state index contributed by atoms with van der Waals surface area (Å²) >= 11 is 17.1. The minimum atomic E-state index is -0.494. The number of ether oxygens (including phenoxy) is 2. The number of aromatic nitrogens is 4. The van der Waals surface area contributed by atoms with Crippen LogP contribution in [0.1, 0.15) is 50.7 Å². The highest BCUT2D eigenvalue weighted by molar-refractivity contribution is 6.31. The lowest BCUT2D eigenvalue weighted by Crippen LogP contribution is -2.03. The fourth-order valence-electron chi connectivity index (χ4n) is 4.33. The van der Waals surface area contributed by atoms with Crippen LogP contribution >= 0.6 is 34.8 Å². The number of fused-ring (bicyclic) bond motifs is 2. The van der Waals surface area contributed by atoms with Crippen molar-refractivity contribution in [3.63, 3.8) is 0 Å². The van der Waals surface area contributed by atoms with Crippen molar-refractivity contribution in [2.45, 2.75) is 26.7 Å². The van der Waals surface area contributed by atoms with Gasteiger partial charge in [-0.3, -0.25) is 19.9 Å². The molecule has 0 aliphatic carbocycles. The molecule has 0 unspecified atom stereocenters. The predicted octanol–water partition coefficient (Wildman–Crippen LogP) is 9.38. The Balaban J connectivity index is 0.000000214. The molecule has 6 rings (SSSR count). The van der Waals surface area contributed by atoms with Crippen molar-refractivity contribution in [1.82, 2.24) is 19.9 Å². The zero-order valence-corrected chi connectivity index (χ0v) is 28.1.